The molecule has 0 aliphatic heterocycles. The Hall–Kier alpha value is -2.19. The monoisotopic (exact) mass is 267 g/mol. The summed E-state index contributed by atoms with van der Waals surface area (Å²) < 4.78 is 0. The van der Waals surface area contributed by atoms with Crippen molar-refractivity contribution in [3.8, 4) is 11.1 Å². The largest absolute Gasteiger partial charge is 0.298 e. The van der Waals surface area contributed by atoms with E-state index in [1.54, 1.807) is 18.3 Å². The lowest BCUT2D eigenvalue weighted by Gasteiger charge is -2.07. The Bertz CT molecular complexity index is 762. The van der Waals surface area contributed by atoms with E-state index in [9.17, 15) is 4.79 Å². The third-order valence-corrected chi connectivity index (χ3v) is 3.40. The highest BCUT2D eigenvalue weighted by Crippen LogP contribution is 2.29. The minimum atomic E-state index is 0.459. The van der Waals surface area contributed by atoms with Crippen LogP contribution in [0.25, 0.3) is 22.0 Å². The Morgan fingerprint density at radius 1 is 1.05 bits per heavy atom. The Balaban J connectivity index is 2.24. The molecule has 1 aromatic heterocycles. The molecule has 92 valence electrons. The van der Waals surface area contributed by atoms with Crippen molar-refractivity contribution in [3.05, 3.63) is 65.3 Å². The topological polar surface area (TPSA) is 30.0 Å². The van der Waals surface area contributed by atoms with Gasteiger partial charge in [-0.1, -0.05) is 41.9 Å². The molecule has 3 aromatic rings. The van der Waals surface area contributed by atoms with Crippen LogP contribution >= 0.6 is 11.6 Å². The molecule has 2 aromatic carbocycles. The number of fused-ring (bicyclic) bond motifs is 1. The molecule has 0 amide bonds. The molecule has 0 saturated heterocycles. The zero-order chi connectivity index (χ0) is 13.2. The highest BCUT2D eigenvalue weighted by atomic mass is 35.5. The van der Waals surface area contributed by atoms with Crippen LogP contribution in [0.15, 0.2) is 54.7 Å². The molecule has 0 spiro atoms. The van der Waals surface area contributed by atoms with Gasteiger partial charge in [0.15, 0.2) is 6.29 Å². The van der Waals surface area contributed by atoms with Crippen LogP contribution in [0.2, 0.25) is 5.02 Å². The molecular weight excluding hydrogens is 258 g/mol. The lowest BCUT2D eigenvalue weighted by atomic mass is 10.0. The molecule has 0 unspecified atom stereocenters. The standard InChI is InChI=1S/C16H10ClNO/c17-15-9-12(6-7-13(15)10-19)14-5-1-3-11-4-2-8-18-16(11)14/h1-10H. The number of halogens is 1. The first kappa shape index (κ1) is 11.9. The van der Waals surface area contributed by atoms with Crippen LogP contribution in [-0.4, -0.2) is 11.3 Å². The molecular formula is C16H10ClNO. The molecule has 2 nitrogen and oxygen atoms in total. The van der Waals surface area contributed by atoms with Crippen molar-refractivity contribution in [1.29, 1.82) is 0 Å². The third-order valence-electron chi connectivity index (χ3n) is 3.07. The van der Waals surface area contributed by atoms with Crippen molar-refractivity contribution in [1.82, 2.24) is 4.98 Å². The van der Waals surface area contributed by atoms with E-state index in [1.165, 1.54) is 0 Å². The molecule has 0 bridgehead atoms. The summed E-state index contributed by atoms with van der Waals surface area (Å²) in [6, 6.07) is 15.4. The minimum absolute atomic E-state index is 0.459. The lowest BCUT2D eigenvalue weighted by Crippen LogP contribution is -1.87. The maximum atomic E-state index is 10.8. The summed E-state index contributed by atoms with van der Waals surface area (Å²) >= 11 is 6.08. The summed E-state index contributed by atoms with van der Waals surface area (Å²) in [5.74, 6) is 0. The van der Waals surface area contributed by atoms with Gasteiger partial charge in [-0.3, -0.25) is 9.78 Å². The van der Waals surface area contributed by atoms with Gasteiger partial charge in [0.05, 0.1) is 10.5 Å². The van der Waals surface area contributed by atoms with Gasteiger partial charge < -0.3 is 0 Å². The van der Waals surface area contributed by atoms with Gasteiger partial charge in [0, 0.05) is 22.7 Å². The van der Waals surface area contributed by atoms with Crippen LogP contribution in [0.5, 0.6) is 0 Å². The number of benzene rings is 2. The van der Waals surface area contributed by atoms with E-state index in [0.29, 0.717) is 10.6 Å². The zero-order valence-corrected chi connectivity index (χ0v) is 10.8. The average molecular weight is 268 g/mol. The maximum Gasteiger partial charge on any atom is 0.151 e. The third kappa shape index (κ3) is 2.11. The molecule has 0 atom stereocenters. The SMILES string of the molecule is O=Cc1ccc(-c2cccc3cccnc23)cc1Cl. The molecule has 3 rings (SSSR count). The fourth-order valence-electron chi connectivity index (χ4n) is 2.13. The number of pyridine rings is 1. The van der Waals surface area contributed by atoms with E-state index >= 15 is 0 Å². The number of nitrogens with zero attached hydrogens (tertiary/aromatic N) is 1. The normalized spacial score (nSPS) is 10.6. The molecule has 1 heterocycles. The molecule has 0 radical (unpaired) electrons. The lowest BCUT2D eigenvalue weighted by molar-refractivity contribution is 0.112. The molecule has 0 aliphatic rings. The summed E-state index contributed by atoms with van der Waals surface area (Å²) in [6.07, 6.45) is 2.53. The van der Waals surface area contributed by atoms with Crippen molar-refractivity contribution in [3.63, 3.8) is 0 Å². The molecule has 0 saturated carbocycles. The quantitative estimate of drug-likeness (QED) is 0.646. The number of hydrogen-bond donors (Lipinski definition) is 0. The van der Waals surface area contributed by atoms with Gasteiger partial charge in [-0.2, -0.15) is 0 Å². The van der Waals surface area contributed by atoms with E-state index in [1.807, 2.05) is 36.4 Å². The highest BCUT2D eigenvalue weighted by Gasteiger charge is 2.07. The van der Waals surface area contributed by atoms with E-state index in [-0.39, 0.29) is 0 Å². The van der Waals surface area contributed by atoms with Crippen molar-refractivity contribution >= 4 is 28.8 Å². The van der Waals surface area contributed by atoms with Gasteiger partial charge in [0.2, 0.25) is 0 Å². The second-order valence-corrected chi connectivity index (χ2v) is 4.64. The van der Waals surface area contributed by atoms with Crippen LogP contribution in [0.1, 0.15) is 10.4 Å². The molecule has 0 aliphatic carbocycles. The summed E-state index contributed by atoms with van der Waals surface area (Å²) in [7, 11) is 0. The van der Waals surface area contributed by atoms with Crippen molar-refractivity contribution in [2.24, 2.45) is 0 Å². The van der Waals surface area contributed by atoms with Gasteiger partial charge >= 0.3 is 0 Å². The van der Waals surface area contributed by atoms with Gasteiger partial charge in [-0.05, 0) is 23.8 Å². The fraction of sp³-hybridized carbons (Fsp3) is 0. The van der Waals surface area contributed by atoms with E-state index in [4.69, 9.17) is 11.6 Å². The van der Waals surface area contributed by atoms with E-state index in [0.717, 1.165) is 28.3 Å². The van der Waals surface area contributed by atoms with Gasteiger partial charge in [-0.25, -0.2) is 0 Å². The van der Waals surface area contributed by atoms with Crippen LogP contribution in [0.3, 0.4) is 0 Å². The summed E-state index contributed by atoms with van der Waals surface area (Å²) in [6.45, 7) is 0. The predicted octanol–water partition coefficient (Wildman–Crippen LogP) is 4.37. The average Bonchev–Trinajstić information content (AvgIpc) is 2.46. The minimum Gasteiger partial charge on any atom is -0.298 e. The fourth-order valence-corrected chi connectivity index (χ4v) is 2.35. The second-order valence-electron chi connectivity index (χ2n) is 4.23. The highest BCUT2D eigenvalue weighted by molar-refractivity contribution is 6.33. The van der Waals surface area contributed by atoms with Gasteiger partial charge in [0.1, 0.15) is 0 Å². The number of rotatable bonds is 2. The Morgan fingerprint density at radius 2 is 1.89 bits per heavy atom. The summed E-state index contributed by atoms with van der Waals surface area (Å²) in [5.41, 5.74) is 3.40. The van der Waals surface area contributed by atoms with Crippen LogP contribution in [-0.2, 0) is 0 Å². The molecule has 0 fully saturated rings. The van der Waals surface area contributed by atoms with Gasteiger partial charge in [0.25, 0.3) is 0 Å². The van der Waals surface area contributed by atoms with Crippen molar-refractivity contribution < 1.29 is 4.79 Å². The first-order valence-corrected chi connectivity index (χ1v) is 6.26. The van der Waals surface area contributed by atoms with Crippen LogP contribution in [0, 0.1) is 0 Å². The van der Waals surface area contributed by atoms with Crippen molar-refractivity contribution in [2.75, 3.05) is 0 Å². The maximum absolute atomic E-state index is 10.8. The summed E-state index contributed by atoms with van der Waals surface area (Å²) in [4.78, 5) is 15.2. The number of carbonyl (C=O) groups is 1. The predicted molar refractivity (Wildman–Crippen MR) is 77.6 cm³/mol. The van der Waals surface area contributed by atoms with Crippen LogP contribution < -0.4 is 0 Å². The molecule has 0 N–H and O–H groups in total. The Kier molecular flexibility index (Phi) is 3.02. The van der Waals surface area contributed by atoms with E-state index in [2.05, 4.69) is 4.98 Å². The first-order valence-electron chi connectivity index (χ1n) is 5.88. The van der Waals surface area contributed by atoms with E-state index < -0.39 is 0 Å². The molecule has 19 heavy (non-hydrogen) atoms. The Morgan fingerprint density at radius 3 is 2.68 bits per heavy atom. The molecule has 3 heteroatoms. The Labute approximate surface area is 115 Å². The van der Waals surface area contributed by atoms with Crippen molar-refractivity contribution in [2.45, 2.75) is 0 Å². The number of carbonyl (C=O) groups excluding carboxylic acids is 1. The summed E-state index contributed by atoms with van der Waals surface area (Å²) in [5, 5.41) is 1.54. The smallest absolute Gasteiger partial charge is 0.151 e. The first-order chi connectivity index (χ1) is 9.29. The second kappa shape index (κ2) is 4.82. The van der Waals surface area contributed by atoms with Crippen LogP contribution in [0.4, 0.5) is 0 Å². The number of hydrogen-bond acceptors (Lipinski definition) is 2. The van der Waals surface area contributed by atoms with Gasteiger partial charge in [-0.15, -0.1) is 0 Å². The number of para-hydroxylation sites is 1. The number of aromatic nitrogens is 1. The zero-order valence-electron chi connectivity index (χ0n) is 10.0. The number of aldehydes is 1.